The molecule has 0 unspecified atom stereocenters. The molecule has 43 heavy (non-hydrogen) atoms. The number of rotatable bonds is 2. The third-order valence-corrected chi connectivity index (χ3v) is 10.1. The van der Waals surface area contributed by atoms with Crippen LogP contribution in [-0.2, 0) is 0 Å². The average Bonchev–Trinajstić information content (AvgIpc) is 3.73. The van der Waals surface area contributed by atoms with Crippen molar-refractivity contribution in [1.29, 1.82) is 0 Å². The summed E-state index contributed by atoms with van der Waals surface area (Å²) in [6, 6.07) is 48.2. The molecule has 3 nitrogen and oxygen atoms in total. The maximum Gasteiger partial charge on any atom is 0.0811 e. The van der Waals surface area contributed by atoms with Crippen LogP contribution in [-0.4, -0.2) is 14.1 Å². The molecule has 10 aromatic rings. The lowest BCUT2D eigenvalue weighted by molar-refractivity contribution is 1.16. The number of aromatic nitrogens is 3. The molecule has 0 spiro atoms. The van der Waals surface area contributed by atoms with Crippen molar-refractivity contribution in [3.63, 3.8) is 0 Å². The number of hydrogen-bond acceptors (Lipinski definition) is 2. The van der Waals surface area contributed by atoms with E-state index in [1.54, 1.807) is 0 Å². The highest BCUT2D eigenvalue weighted by molar-refractivity contribution is 7.26. The van der Waals surface area contributed by atoms with Gasteiger partial charge in [0.15, 0.2) is 0 Å². The van der Waals surface area contributed by atoms with Crippen LogP contribution in [0.25, 0.3) is 86.1 Å². The SMILES string of the molecule is c1ccc(-n2c3ccccc3c3c4ncccc4c4c5ccccc5n(-c5cccc6c5sc5ccccc56)c4c32)cc1. The van der Waals surface area contributed by atoms with E-state index in [1.807, 2.05) is 17.5 Å². The summed E-state index contributed by atoms with van der Waals surface area (Å²) >= 11 is 1.88. The third-order valence-electron chi connectivity index (χ3n) is 8.93. The zero-order valence-corrected chi connectivity index (χ0v) is 23.8. The van der Waals surface area contributed by atoms with Gasteiger partial charge in [0.1, 0.15) is 0 Å². The predicted octanol–water partition coefficient (Wildman–Crippen LogP) is 10.8. The predicted molar refractivity (Wildman–Crippen MR) is 183 cm³/mol. The molecule has 0 fully saturated rings. The van der Waals surface area contributed by atoms with Gasteiger partial charge < -0.3 is 9.13 Å². The Hall–Kier alpha value is -5.45. The van der Waals surface area contributed by atoms with Gasteiger partial charge in [-0.3, -0.25) is 4.98 Å². The van der Waals surface area contributed by atoms with Gasteiger partial charge in [0, 0.05) is 54.3 Å². The van der Waals surface area contributed by atoms with Crippen LogP contribution in [0.2, 0.25) is 0 Å². The zero-order chi connectivity index (χ0) is 28.1. The summed E-state index contributed by atoms with van der Waals surface area (Å²) in [5.41, 5.74) is 8.16. The van der Waals surface area contributed by atoms with Crippen LogP contribution in [0, 0.1) is 0 Å². The molecule has 4 heteroatoms. The van der Waals surface area contributed by atoms with E-state index in [0.29, 0.717) is 0 Å². The lowest BCUT2D eigenvalue weighted by atomic mass is 10.0. The molecule has 200 valence electrons. The molecule has 0 aliphatic rings. The largest absolute Gasteiger partial charge is 0.307 e. The van der Waals surface area contributed by atoms with Crippen molar-refractivity contribution in [2.75, 3.05) is 0 Å². The molecule has 0 aliphatic carbocycles. The Balaban J connectivity index is 1.55. The molecular formula is C39H23N3S. The van der Waals surface area contributed by atoms with E-state index in [9.17, 15) is 0 Å². The standard InChI is InChI=1S/C39H23N3S/c1-2-12-24(13-3-1)41-30-19-7-5-16-28(30)35-36-29(18-11-23-40-36)34-27-15-4-8-20-31(27)42(37(34)38(35)41)32-21-10-17-26-25-14-6-9-22-33(25)43-39(26)32/h1-23H. The van der Waals surface area contributed by atoms with E-state index in [0.717, 1.165) is 11.2 Å². The molecule has 10 rings (SSSR count). The van der Waals surface area contributed by atoms with Gasteiger partial charge in [0.25, 0.3) is 0 Å². The molecule has 0 N–H and O–H groups in total. The van der Waals surface area contributed by atoms with Crippen LogP contribution >= 0.6 is 11.3 Å². The highest BCUT2D eigenvalue weighted by Crippen LogP contribution is 2.47. The topological polar surface area (TPSA) is 22.8 Å². The summed E-state index contributed by atoms with van der Waals surface area (Å²) in [5.74, 6) is 0. The summed E-state index contributed by atoms with van der Waals surface area (Å²) in [7, 11) is 0. The summed E-state index contributed by atoms with van der Waals surface area (Å²) in [6.07, 6.45) is 1.93. The van der Waals surface area contributed by atoms with Crippen LogP contribution in [0.4, 0.5) is 0 Å². The number of para-hydroxylation sites is 3. The quantitative estimate of drug-likeness (QED) is 0.204. The van der Waals surface area contributed by atoms with Gasteiger partial charge in [-0.15, -0.1) is 11.3 Å². The Morgan fingerprint density at radius 1 is 0.465 bits per heavy atom. The molecule has 4 heterocycles. The maximum absolute atomic E-state index is 5.06. The first-order valence-corrected chi connectivity index (χ1v) is 15.4. The Labute approximate surface area is 250 Å². The van der Waals surface area contributed by atoms with E-state index in [4.69, 9.17) is 4.98 Å². The third kappa shape index (κ3) is 3.00. The maximum atomic E-state index is 5.06. The van der Waals surface area contributed by atoms with Gasteiger partial charge in [0.05, 0.1) is 38.0 Å². The van der Waals surface area contributed by atoms with E-state index in [2.05, 4.69) is 143 Å². The van der Waals surface area contributed by atoms with Crippen LogP contribution in [0.1, 0.15) is 0 Å². The second kappa shape index (κ2) is 8.54. The monoisotopic (exact) mass is 565 g/mol. The number of fused-ring (bicyclic) bond motifs is 13. The van der Waals surface area contributed by atoms with Gasteiger partial charge in [0.2, 0.25) is 0 Å². The van der Waals surface area contributed by atoms with E-state index in [1.165, 1.54) is 74.9 Å². The van der Waals surface area contributed by atoms with Crippen molar-refractivity contribution < 1.29 is 0 Å². The van der Waals surface area contributed by atoms with Crippen molar-refractivity contribution in [3.05, 3.63) is 140 Å². The van der Waals surface area contributed by atoms with Gasteiger partial charge in [-0.25, -0.2) is 0 Å². The highest BCUT2D eigenvalue weighted by Gasteiger charge is 2.25. The molecule has 0 bridgehead atoms. The van der Waals surface area contributed by atoms with Crippen LogP contribution in [0.3, 0.4) is 0 Å². The minimum atomic E-state index is 1.04. The molecule has 0 atom stereocenters. The molecule has 0 aliphatic heterocycles. The first kappa shape index (κ1) is 23.1. The smallest absolute Gasteiger partial charge is 0.0811 e. The van der Waals surface area contributed by atoms with Gasteiger partial charge >= 0.3 is 0 Å². The normalized spacial score (nSPS) is 12.2. The minimum Gasteiger partial charge on any atom is -0.307 e. The Morgan fingerprint density at radius 3 is 1.93 bits per heavy atom. The number of hydrogen-bond donors (Lipinski definition) is 0. The molecule has 0 saturated carbocycles. The minimum absolute atomic E-state index is 1.04. The Morgan fingerprint density at radius 2 is 1.09 bits per heavy atom. The van der Waals surface area contributed by atoms with Crippen LogP contribution in [0.15, 0.2) is 140 Å². The fourth-order valence-electron chi connectivity index (χ4n) is 7.25. The van der Waals surface area contributed by atoms with Crippen molar-refractivity contribution in [1.82, 2.24) is 14.1 Å². The molecule has 6 aromatic carbocycles. The summed E-state index contributed by atoms with van der Waals surface area (Å²) in [6.45, 7) is 0. The number of pyridine rings is 1. The van der Waals surface area contributed by atoms with Gasteiger partial charge in [-0.1, -0.05) is 91.0 Å². The number of benzene rings is 6. The van der Waals surface area contributed by atoms with Crippen LogP contribution in [0.5, 0.6) is 0 Å². The summed E-state index contributed by atoms with van der Waals surface area (Å²) in [5, 5.41) is 8.66. The van der Waals surface area contributed by atoms with Crippen molar-refractivity contribution in [2.24, 2.45) is 0 Å². The summed E-state index contributed by atoms with van der Waals surface area (Å²) < 4.78 is 7.58. The van der Waals surface area contributed by atoms with Crippen molar-refractivity contribution >= 4 is 86.0 Å². The van der Waals surface area contributed by atoms with Crippen molar-refractivity contribution in [3.8, 4) is 11.4 Å². The molecular weight excluding hydrogens is 543 g/mol. The lowest BCUT2D eigenvalue weighted by Gasteiger charge is -2.14. The number of nitrogens with zero attached hydrogens (tertiary/aromatic N) is 3. The molecule has 4 aromatic heterocycles. The first-order chi connectivity index (χ1) is 21.4. The second-order valence-corrected chi connectivity index (χ2v) is 12.2. The fraction of sp³-hybridized carbons (Fsp3) is 0. The van der Waals surface area contributed by atoms with E-state index >= 15 is 0 Å². The molecule has 0 amide bonds. The average molecular weight is 566 g/mol. The summed E-state index contributed by atoms with van der Waals surface area (Å²) in [4.78, 5) is 5.06. The van der Waals surface area contributed by atoms with Crippen molar-refractivity contribution in [2.45, 2.75) is 0 Å². The highest BCUT2D eigenvalue weighted by atomic mass is 32.1. The van der Waals surface area contributed by atoms with E-state index < -0.39 is 0 Å². The van der Waals surface area contributed by atoms with Gasteiger partial charge in [-0.2, -0.15) is 0 Å². The van der Waals surface area contributed by atoms with Gasteiger partial charge in [-0.05, 0) is 42.5 Å². The first-order valence-electron chi connectivity index (χ1n) is 14.6. The number of thiophene rings is 1. The Bertz CT molecular complexity index is 2730. The van der Waals surface area contributed by atoms with Crippen LogP contribution < -0.4 is 0 Å². The lowest BCUT2D eigenvalue weighted by Crippen LogP contribution is -1.99. The Kier molecular flexibility index (Phi) is 4.60. The fourth-order valence-corrected chi connectivity index (χ4v) is 8.46. The molecule has 0 radical (unpaired) electrons. The molecule has 0 saturated heterocycles. The van der Waals surface area contributed by atoms with E-state index in [-0.39, 0.29) is 0 Å². The zero-order valence-electron chi connectivity index (χ0n) is 23.0. The second-order valence-electron chi connectivity index (χ2n) is 11.1.